The van der Waals surface area contributed by atoms with E-state index in [-0.39, 0.29) is 24.5 Å². The maximum Gasteiger partial charge on any atom is 0.307 e. The standard InChI is InChI=1S/C17H31N3O4/c1-13(2)9-20-6-7-24-15(11-20)8-18-16(21)12-19-5-3-4-14(10-19)17(22)23/h13-15H,3-12H2,1-2H3,(H,18,21)(H,22,23). The summed E-state index contributed by atoms with van der Waals surface area (Å²) in [7, 11) is 0. The number of nitrogens with one attached hydrogen (secondary N) is 1. The first-order valence-electron chi connectivity index (χ1n) is 9.00. The smallest absolute Gasteiger partial charge is 0.307 e. The van der Waals surface area contributed by atoms with Crippen molar-refractivity contribution in [2.24, 2.45) is 11.8 Å². The first-order chi connectivity index (χ1) is 11.4. The summed E-state index contributed by atoms with van der Waals surface area (Å²) in [6.45, 7) is 10.0. The van der Waals surface area contributed by atoms with Gasteiger partial charge in [-0.15, -0.1) is 0 Å². The molecule has 2 N–H and O–H groups in total. The molecule has 1 amide bonds. The fourth-order valence-electron chi connectivity index (χ4n) is 3.47. The lowest BCUT2D eigenvalue weighted by Crippen LogP contribution is -2.50. The Morgan fingerprint density at radius 2 is 2.04 bits per heavy atom. The van der Waals surface area contributed by atoms with Crippen molar-refractivity contribution in [2.45, 2.75) is 32.8 Å². The Morgan fingerprint density at radius 1 is 1.25 bits per heavy atom. The Bertz CT molecular complexity index is 430. The van der Waals surface area contributed by atoms with Crippen LogP contribution in [0, 0.1) is 11.8 Å². The number of morpholine rings is 1. The topological polar surface area (TPSA) is 82.1 Å². The molecule has 0 aliphatic carbocycles. The maximum atomic E-state index is 12.1. The van der Waals surface area contributed by atoms with Gasteiger partial charge in [0.15, 0.2) is 0 Å². The number of carbonyl (C=O) groups excluding carboxylic acids is 1. The molecular weight excluding hydrogens is 310 g/mol. The van der Waals surface area contributed by atoms with Gasteiger partial charge in [0.05, 0.1) is 25.2 Å². The van der Waals surface area contributed by atoms with Crippen molar-refractivity contribution in [3.8, 4) is 0 Å². The molecule has 2 saturated heterocycles. The summed E-state index contributed by atoms with van der Waals surface area (Å²) in [6.07, 6.45) is 1.57. The second-order valence-corrected chi connectivity index (χ2v) is 7.36. The summed E-state index contributed by atoms with van der Waals surface area (Å²) < 4.78 is 5.73. The van der Waals surface area contributed by atoms with E-state index in [2.05, 4.69) is 24.1 Å². The van der Waals surface area contributed by atoms with Gasteiger partial charge in [-0.2, -0.15) is 0 Å². The number of piperidine rings is 1. The van der Waals surface area contributed by atoms with Gasteiger partial charge in [-0.1, -0.05) is 13.8 Å². The molecule has 2 rings (SSSR count). The van der Waals surface area contributed by atoms with Crippen molar-refractivity contribution in [3.05, 3.63) is 0 Å². The third-order valence-electron chi connectivity index (χ3n) is 4.60. The maximum absolute atomic E-state index is 12.1. The van der Waals surface area contributed by atoms with Gasteiger partial charge in [-0.25, -0.2) is 0 Å². The van der Waals surface area contributed by atoms with E-state index in [1.807, 2.05) is 4.90 Å². The lowest BCUT2D eigenvalue weighted by Gasteiger charge is -2.34. The molecule has 2 aliphatic rings. The third-order valence-corrected chi connectivity index (χ3v) is 4.60. The minimum atomic E-state index is -0.763. The van der Waals surface area contributed by atoms with E-state index in [4.69, 9.17) is 9.84 Å². The van der Waals surface area contributed by atoms with Crippen LogP contribution in [-0.2, 0) is 14.3 Å². The van der Waals surface area contributed by atoms with E-state index >= 15 is 0 Å². The van der Waals surface area contributed by atoms with Crippen LogP contribution in [0.1, 0.15) is 26.7 Å². The SMILES string of the molecule is CC(C)CN1CCOC(CNC(=O)CN2CCCC(C(=O)O)C2)C1. The summed E-state index contributed by atoms with van der Waals surface area (Å²) in [5, 5.41) is 12.0. The molecule has 138 valence electrons. The predicted molar refractivity (Wildman–Crippen MR) is 90.8 cm³/mol. The first kappa shape index (κ1) is 19.1. The lowest BCUT2D eigenvalue weighted by molar-refractivity contribution is -0.144. The molecule has 2 unspecified atom stereocenters. The number of likely N-dealkylation sites (tertiary alicyclic amines) is 1. The van der Waals surface area contributed by atoms with Gasteiger partial charge in [0, 0.05) is 32.7 Å². The number of aliphatic carboxylic acids is 1. The van der Waals surface area contributed by atoms with Gasteiger partial charge in [-0.05, 0) is 25.3 Å². The van der Waals surface area contributed by atoms with Crippen LogP contribution in [-0.4, -0.2) is 85.3 Å². The molecule has 0 aromatic carbocycles. The second-order valence-electron chi connectivity index (χ2n) is 7.36. The minimum Gasteiger partial charge on any atom is -0.481 e. The quantitative estimate of drug-likeness (QED) is 0.691. The highest BCUT2D eigenvalue weighted by Crippen LogP contribution is 2.16. The molecule has 0 aromatic rings. The van der Waals surface area contributed by atoms with Gasteiger partial charge in [-0.3, -0.25) is 19.4 Å². The highest BCUT2D eigenvalue weighted by atomic mass is 16.5. The Morgan fingerprint density at radius 3 is 2.75 bits per heavy atom. The van der Waals surface area contributed by atoms with Gasteiger partial charge in [0.1, 0.15) is 0 Å². The highest BCUT2D eigenvalue weighted by Gasteiger charge is 2.27. The van der Waals surface area contributed by atoms with Crippen molar-refractivity contribution in [1.29, 1.82) is 0 Å². The first-order valence-corrected chi connectivity index (χ1v) is 9.00. The van der Waals surface area contributed by atoms with E-state index in [1.54, 1.807) is 0 Å². The van der Waals surface area contributed by atoms with Crippen LogP contribution in [0.2, 0.25) is 0 Å². The number of amides is 1. The average Bonchev–Trinajstić information content (AvgIpc) is 2.53. The molecule has 2 heterocycles. The van der Waals surface area contributed by atoms with Gasteiger partial charge >= 0.3 is 5.97 Å². The zero-order chi connectivity index (χ0) is 17.5. The molecular formula is C17H31N3O4. The molecule has 0 bridgehead atoms. The van der Waals surface area contributed by atoms with Crippen LogP contribution < -0.4 is 5.32 Å². The molecule has 7 nitrogen and oxygen atoms in total. The number of hydrogen-bond acceptors (Lipinski definition) is 5. The normalized spacial score (nSPS) is 26.5. The van der Waals surface area contributed by atoms with Crippen molar-refractivity contribution in [3.63, 3.8) is 0 Å². The molecule has 2 fully saturated rings. The Labute approximate surface area is 144 Å². The van der Waals surface area contributed by atoms with E-state index in [9.17, 15) is 9.59 Å². The molecule has 0 saturated carbocycles. The third kappa shape index (κ3) is 6.37. The fraction of sp³-hybridized carbons (Fsp3) is 0.882. The zero-order valence-electron chi connectivity index (χ0n) is 14.9. The van der Waals surface area contributed by atoms with Crippen LogP contribution in [0.15, 0.2) is 0 Å². The van der Waals surface area contributed by atoms with Crippen LogP contribution in [0.5, 0.6) is 0 Å². The number of carbonyl (C=O) groups is 2. The van der Waals surface area contributed by atoms with Crippen molar-refractivity contribution in [1.82, 2.24) is 15.1 Å². The van der Waals surface area contributed by atoms with Crippen LogP contribution in [0.25, 0.3) is 0 Å². The van der Waals surface area contributed by atoms with Crippen molar-refractivity contribution in [2.75, 3.05) is 52.4 Å². The number of ether oxygens (including phenoxy) is 1. The van der Waals surface area contributed by atoms with Crippen LogP contribution in [0.3, 0.4) is 0 Å². The zero-order valence-corrected chi connectivity index (χ0v) is 14.9. The number of carboxylic acids is 1. The minimum absolute atomic E-state index is 0.0366. The largest absolute Gasteiger partial charge is 0.481 e. The second kappa shape index (κ2) is 9.34. The summed E-state index contributed by atoms with van der Waals surface area (Å²) >= 11 is 0. The molecule has 2 aliphatic heterocycles. The molecule has 0 aromatic heterocycles. The van der Waals surface area contributed by atoms with E-state index in [1.165, 1.54) is 0 Å². The Hall–Kier alpha value is -1.18. The predicted octanol–water partition coefficient (Wildman–Crippen LogP) is 0.256. The Kier molecular flexibility index (Phi) is 7.45. The van der Waals surface area contributed by atoms with Crippen molar-refractivity contribution >= 4 is 11.9 Å². The number of carboxylic acid groups (broad SMARTS) is 1. The summed E-state index contributed by atoms with van der Waals surface area (Å²) in [5.74, 6) is -0.538. The summed E-state index contributed by atoms with van der Waals surface area (Å²) in [4.78, 5) is 27.5. The molecule has 0 spiro atoms. The Balaban J connectivity index is 1.68. The molecule has 2 atom stereocenters. The van der Waals surface area contributed by atoms with Gasteiger partial charge < -0.3 is 15.2 Å². The average molecular weight is 341 g/mol. The highest BCUT2D eigenvalue weighted by molar-refractivity contribution is 5.78. The molecule has 24 heavy (non-hydrogen) atoms. The monoisotopic (exact) mass is 341 g/mol. The van der Waals surface area contributed by atoms with Gasteiger partial charge in [0.2, 0.25) is 5.91 Å². The lowest BCUT2D eigenvalue weighted by atomic mass is 9.98. The van der Waals surface area contributed by atoms with Crippen LogP contribution >= 0.6 is 0 Å². The van der Waals surface area contributed by atoms with E-state index in [0.29, 0.717) is 32.0 Å². The molecule has 7 heteroatoms. The van der Waals surface area contributed by atoms with Crippen molar-refractivity contribution < 1.29 is 19.4 Å². The number of rotatable bonds is 7. The van der Waals surface area contributed by atoms with Crippen LogP contribution in [0.4, 0.5) is 0 Å². The number of nitrogens with zero attached hydrogens (tertiary/aromatic N) is 2. The summed E-state index contributed by atoms with van der Waals surface area (Å²) in [6, 6.07) is 0. The fourth-order valence-corrected chi connectivity index (χ4v) is 3.47. The van der Waals surface area contributed by atoms with E-state index < -0.39 is 5.97 Å². The van der Waals surface area contributed by atoms with Gasteiger partial charge in [0.25, 0.3) is 0 Å². The molecule has 0 radical (unpaired) electrons. The summed E-state index contributed by atoms with van der Waals surface area (Å²) in [5.41, 5.74) is 0. The van der Waals surface area contributed by atoms with E-state index in [0.717, 1.165) is 32.6 Å². The number of hydrogen-bond donors (Lipinski definition) is 2.